The van der Waals surface area contributed by atoms with E-state index in [-0.39, 0.29) is 5.03 Å². The van der Waals surface area contributed by atoms with Crippen molar-refractivity contribution in [2.75, 3.05) is 0 Å². The summed E-state index contributed by atoms with van der Waals surface area (Å²) in [6.45, 7) is 0. The zero-order valence-corrected chi connectivity index (χ0v) is 10.6. The Balaban J connectivity index is 2.36. The van der Waals surface area contributed by atoms with Gasteiger partial charge in [0.2, 0.25) is 0 Å². The molecule has 0 unspecified atom stereocenters. The topological polar surface area (TPSA) is 93.3 Å². The van der Waals surface area contributed by atoms with Gasteiger partial charge in [0.1, 0.15) is 22.6 Å². The van der Waals surface area contributed by atoms with Crippen LogP contribution in [0.25, 0.3) is 0 Å². The van der Waals surface area contributed by atoms with Crippen molar-refractivity contribution in [3.63, 3.8) is 0 Å². The van der Waals surface area contributed by atoms with Gasteiger partial charge in [0.15, 0.2) is 0 Å². The highest BCUT2D eigenvalue weighted by molar-refractivity contribution is 7.99. The number of hydrogen-bond acceptors (Lipinski definition) is 5. The first-order valence-corrected chi connectivity index (χ1v) is 6.10. The molecule has 0 aliphatic carbocycles. The molecular weight excluding hydrogens is 287 g/mol. The van der Waals surface area contributed by atoms with Gasteiger partial charge < -0.3 is 5.11 Å². The zero-order valence-electron chi connectivity index (χ0n) is 9.82. The molecule has 0 aliphatic heterocycles. The Labute approximate surface area is 116 Å². The number of rotatable bonds is 4. The number of carboxylic acid groups (broad SMARTS) is 1. The maximum Gasteiger partial charge on any atom is 0.342 e. The van der Waals surface area contributed by atoms with Gasteiger partial charge in [-0.2, -0.15) is 0 Å². The van der Waals surface area contributed by atoms with Crippen LogP contribution in [0.3, 0.4) is 0 Å². The summed E-state index contributed by atoms with van der Waals surface area (Å²) in [5, 5.41) is 19.9. The Kier molecular flexibility index (Phi) is 3.94. The van der Waals surface area contributed by atoms with Crippen molar-refractivity contribution in [1.29, 1.82) is 0 Å². The largest absolute Gasteiger partial charge is 0.477 e. The summed E-state index contributed by atoms with van der Waals surface area (Å²) in [6.07, 6.45) is 0.880. The number of nitro groups is 1. The lowest BCUT2D eigenvalue weighted by Crippen LogP contribution is -2.03. The average Bonchev–Trinajstić information content (AvgIpc) is 2.38. The lowest BCUT2D eigenvalue weighted by Gasteiger charge is -2.03. The number of hydrogen-bond donors (Lipinski definition) is 1. The lowest BCUT2D eigenvalue weighted by atomic mass is 10.2. The highest BCUT2D eigenvalue weighted by Crippen LogP contribution is 2.29. The molecule has 0 bridgehead atoms. The van der Waals surface area contributed by atoms with Crippen LogP contribution in [0.4, 0.5) is 10.1 Å². The van der Waals surface area contributed by atoms with Crippen molar-refractivity contribution in [1.82, 2.24) is 4.98 Å². The van der Waals surface area contributed by atoms with Crippen LogP contribution in [-0.2, 0) is 0 Å². The van der Waals surface area contributed by atoms with Gasteiger partial charge in [-0.3, -0.25) is 10.1 Å². The quantitative estimate of drug-likeness (QED) is 0.688. The van der Waals surface area contributed by atoms with Crippen LogP contribution < -0.4 is 0 Å². The van der Waals surface area contributed by atoms with Crippen molar-refractivity contribution in [2.45, 2.75) is 9.92 Å². The molecule has 0 aliphatic rings. The molecule has 2 aromatic rings. The zero-order chi connectivity index (χ0) is 14.7. The predicted octanol–water partition coefficient (Wildman–Crippen LogP) is 2.98. The number of benzene rings is 1. The smallest absolute Gasteiger partial charge is 0.342 e. The van der Waals surface area contributed by atoms with Crippen LogP contribution in [-0.4, -0.2) is 21.0 Å². The third kappa shape index (κ3) is 3.09. The van der Waals surface area contributed by atoms with E-state index in [0.29, 0.717) is 4.90 Å². The Hall–Kier alpha value is -2.48. The number of carbonyl (C=O) groups is 1. The van der Waals surface area contributed by atoms with E-state index in [9.17, 15) is 19.3 Å². The molecule has 0 saturated heterocycles. The molecule has 1 aromatic heterocycles. The van der Waals surface area contributed by atoms with E-state index < -0.39 is 28.0 Å². The van der Waals surface area contributed by atoms with Crippen LogP contribution in [0.15, 0.2) is 46.5 Å². The van der Waals surface area contributed by atoms with Crippen LogP contribution in [0.1, 0.15) is 10.4 Å². The second-order valence-corrected chi connectivity index (χ2v) is 4.76. The lowest BCUT2D eigenvalue weighted by molar-refractivity contribution is -0.385. The van der Waals surface area contributed by atoms with Crippen LogP contribution in [0, 0.1) is 15.9 Å². The number of pyridine rings is 1. The molecule has 1 N–H and O–H groups in total. The van der Waals surface area contributed by atoms with Gasteiger partial charge in [-0.05, 0) is 24.3 Å². The molecule has 0 amide bonds. The Bertz CT molecular complexity index is 693. The maximum absolute atomic E-state index is 13.0. The van der Waals surface area contributed by atoms with Gasteiger partial charge >= 0.3 is 11.7 Å². The SMILES string of the molecule is O=C(O)c1cc(Sc2cccc(F)c2)ncc1[N+](=O)[O-]. The van der Waals surface area contributed by atoms with Crippen molar-refractivity contribution < 1.29 is 19.2 Å². The molecule has 0 spiro atoms. The van der Waals surface area contributed by atoms with Gasteiger partial charge in [0, 0.05) is 4.90 Å². The van der Waals surface area contributed by atoms with Gasteiger partial charge in [-0.1, -0.05) is 17.8 Å². The van der Waals surface area contributed by atoms with E-state index in [0.717, 1.165) is 24.0 Å². The molecule has 0 saturated carbocycles. The fraction of sp³-hybridized carbons (Fsp3) is 0. The second kappa shape index (κ2) is 5.66. The number of aromatic carboxylic acids is 1. The monoisotopic (exact) mass is 294 g/mol. The minimum absolute atomic E-state index is 0.235. The fourth-order valence-electron chi connectivity index (χ4n) is 1.45. The molecule has 6 nitrogen and oxygen atoms in total. The highest BCUT2D eigenvalue weighted by atomic mass is 32.2. The third-order valence-corrected chi connectivity index (χ3v) is 3.23. The molecule has 8 heteroatoms. The molecular formula is C12H7FN2O4S. The number of nitrogens with zero attached hydrogens (tertiary/aromatic N) is 2. The van der Waals surface area contributed by atoms with Gasteiger partial charge in [-0.15, -0.1) is 0 Å². The molecule has 0 atom stereocenters. The van der Waals surface area contributed by atoms with E-state index in [4.69, 9.17) is 5.11 Å². The summed E-state index contributed by atoms with van der Waals surface area (Å²) in [5.74, 6) is -1.85. The number of aromatic nitrogens is 1. The first-order chi connectivity index (χ1) is 9.47. The van der Waals surface area contributed by atoms with E-state index in [1.165, 1.54) is 18.2 Å². The molecule has 1 heterocycles. The van der Waals surface area contributed by atoms with E-state index in [1.807, 2.05) is 0 Å². The van der Waals surface area contributed by atoms with Crippen molar-refractivity contribution in [3.05, 3.63) is 58.0 Å². The summed E-state index contributed by atoms with van der Waals surface area (Å²) in [5.41, 5.74) is -1.04. The standard InChI is InChI=1S/C12H7FN2O4S/c13-7-2-1-3-8(4-7)20-11-5-9(12(16)17)10(6-14-11)15(18)19/h1-6H,(H,16,17). The highest BCUT2D eigenvalue weighted by Gasteiger charge is 2.21. The van der Waals surface area contributed by atoms with Crippen molar-refractivity contribution in [3.8, 4) is 0 Å². The van der Waals surface area contributed by atoms with Gasteiger partial charge in [0.05, 0.1) is 4.92 Å². The molecule has 1 aromatic carbocycles. The summed E-state index contributed by atoms with van der Waals surface area (Å²) < 4.78 is 13.0. The van der Waals surface area contributed by atoms with Crippen molar-refractivity contribution in [2.24, 2.45) is 0 Å². The first-order valence-electron chi connectivity index (χ1n) is 5.28. The third-order valence-electron chi connectivity index (χ3n) is 2.30. The van der Waals surface area contributed by atoms with Crippen LogP contribution in [0.5, 0.6) is 0 Å². The molecule has 20 heavy (non-hydrogen) atoms. The van der Waals surface area contributed by atoms with Gasteiger partial charge in [-0.25, -0.2) is 14.2 Å². The molecule has 2 rings (SSSR count). The minimum Gasteiger partial charge on any atom is -0.477 e. The molecule has 102 valence electrons. The predicted molar refractivity (Wildman–Crippen MR) is 68.4 cm³/mol. The second-order valence-electron chi connectivity index (χ2n) is 3.66. The van der Waals surface area contributed by atoms with Crippen molar-refractivity contribution >= 4 is 23.4 Å². The summed E-state index contributed by atoms with van der Waals surface area (Å²) in [7, 11) is 0. The first kappa shape index (κ1) is 13.9. The fourth-order valence-corrected chi connectivity index (χ4v) is 2.29. The molecule has 0 radical (unpaired) electrons. The van der Waals surface area contributed by atoms with Crippen LogP contribution in [0.2, 0.25) is 0 Å². The molecule has 0 fully saturated rings. The Morgan fingerprint density at radius 1 is 1.40 bits per heavy atom. The number of carboxylic acids is 1. The Morgan fingerprint density at radius 3 is 2.75 bits per heavy atom. The Morgan fingerprint density at radius 2 is 2.15 bits per heavy atom. The summed E-state index contributed by atoms with van der Waals surface area (Å²) >= 11 is 1.02. The normalized spacial score (nSPS) is 10.2. The maximum atomic E-state index is 13.0. The average molecular weight is 294 g/mol. The minimum atomic E-state index is -1.42. The van der Waals surface area contributed by atoms with E-state index in [1.54, 1.807) is 6.07 Å². The van der Waals surface area contributed by atoms with E-state index in [2.05, 4.69) is 4.98 Å². The summed E-state index contributed by atoms with van der Waals surface area (Å²) in [4.78, 5) is 25.2. The summed E-state index contributed by atoms with van der Waals surface area (Å²) in [6, 6.07) is 6.75. The number of halogens is 1. The van der Waals surface area contributed by atoms with E-state index >= 15 is 0 Å². The van der Waals surface area contributed by atoms with Gasteiger partial charge in [0.25, 0.3) is 0 Å². The van der Waals surface area contributed by atoms with Crippen LogP contribution >= 0.6 is 11.8 Å².